The zero-order chi connectivity index (χ0) is 20.4. The van der Waals surface area contributed by atoms with Crippen molar-refractivity contribution in [3.63, 3.8) is 0 Å². The van der Waals surface area contributed by atoms with Crippen LogP contribution in [0.25, 0.3) is 10.8 Å². The number of anilines is 1. The minimum absolute atomic E-state index is 0.105. The number of carbonyl (C=O) groups excluding carboxylic acids is 2. The number of fused-ring (bicyclic) bond motifs is 1. The Balaban J connectivity index is 1.60. The van der Waals surface area contributed by atoms with Crippen LogP contribution in [0.15, 0.2) is 71.8 Å². The standard InChI is InChI=1S/C20H14N4O4S/c25-18-12-29-20(22-21-19(26)14-8-10-15(11-9-14)24(27)28)23(18)17-7-3-5-13-4-1-2-6-16(13)17/h1-11H,12H2,(H,21,26). The van der Waals surface area contributed by atoms with Crippen LogP contribution < -0.4 is 10.3 Å². The number of nitrogens with zero attached hydrogens (tertiary/aromatic N) is 3. The summed E-state index contributed by atoms with van der Waals surface area (Å²) < 4.78 is 0. The number of benzene rings is 3. The first-order chi connectivity index (χ1) is 14.0. The highest BCUT2D eigenvalue weighted by Crippen LogP contribution is 2.32. The number of hydrogen-bond acceptors (Lipinski definition) is 6. The maximum Gasteiger partial charge on any atom is 0.271 e. The Labute approximate surface area is 169 Å². The van der Waals surface area contributed by atoms with Crippen LogP contribution in [0.1, 0.15) is 10.4 Å². The molecule has 2 amide bonds. The fourth-order valence-electron chi connectivity index (χ4n) is 2.98. The summed E-state index contributed by atoms with van der Waals surface area (Å²) >= 11 is 1.23. The molecule has 29 heavy (non-hydrogen) atoms. The number of hydrazone groups is 1. The molecule has 1 fully saturated rings. The topological polar surface area (TPSA) is 105 Å². The van der Waals surface area contributed by atoms with Gasteiger partial charge in [-0.2, -0.15) is 0 Å². The van der Waals surface area contributed by atoms with Crippen molar-refractivity contribution in [1.29, 1.82) is 0 Å². The molecule has 4 rings (SSSR count). The minimum Gasteiger partial charge on any atom is -0.273 e. The molecule has 0 aliphatic carbocycles. The molecule has 0 atom stereocenters. The van der Waals surface area contributed by atoms with E-state index in [2.05, 4.69) is 10.5 Å². The maximum atomic E-state index is 12.5. The van der Waals surface area contributed by atoms with Crippen molar-refractivity contribution in [3.8, 4) is 0 Å². The summed E-state index contributed by atoms with van der Waals surface area (Å²) in [4.78, 5) is 36.5. The van der Waals surface area contributed by atoms with E-state index in [0.29, 0.717) is 10.9 Å². The molecular formula is C20H14N4O4S. The van der Waals surface area contributed by atoms with Gasteiger partial charge in [0.25, 0.3) is 11.6 Å². The first-order valence-electron chi connectivity index (χ1n) is 8.60. The highest BCUT2D eigenvalue weighted by atomic mass is 32.2. The Hall–Kier alpha value is -3.72. The van der Waals surface area contributed by atoms with Crippen molar-refractivity contribution in [2.24, 2.45) is 5.10 Å². The Morgan fingerprint density at radius 3 is 2.55 bits per heavy atom. The van der Waals surface area contributed by atoms with Gasteiger partial charge in [-0.3, -0.25) is 24.6 Å². The molecule has 1 N–H and O–H groups in total. The van der Waals surface area contributed by atoms with E-state index in [0.717, 1.165) is 10.8 Å². The van der Waals surface area contributed by atoms with Crippen LogP contribution in [0.4, 0.5) is 11.4 Å². The second kappa shape index (κ2) is 7.72. The second-order valence-corrected chi connectivity index (χ2v) is 7.10. The van der Waals surface area contributed by atoms with Crippen molar-refractivity contribution in [2.45, 2.75) is 0 Å². The van der Waals surface area contributed by atoms with E-state index in [-0.39, 0.29) is 22.9 Å². The molecule has 3 aromatic carbocycles. The van der Waals surface area contributed by atoms with Gasteiger partial charge in [-0.15, -0.1) is 5.10 Å². The lowest BCUT2D eigenvalue weighted by atomic mass is 10.1. The number of nitro groups is 1. The zero-order valence-electron chi connectivity index (χ0n) is 14.9. The van der Waals surface area contributed by atoms with Gasteiger partial charge in [0, 0.05) is 23.1 Å². The highest BCUT2D eigenvalue weighted by Gasteiger charge is 2.31. The van der Waals surface area contributed by atoms with Gasteiger partial charge in [0.2, 0.25) is 5.91 Å². The van der Waals surface area contributed by atoms with Gasteiger partial charge in [-0.05, 0) is 23.6 Å². The molecule has 0 bridgehead atoms. The van der Waals surface area contributed by atoms with E-state index < -0.39 is 10.8 Å². The normalized spacial score (nSPS) is 15.1. The largest absolute Gasteiger partial charge is 0.273 e. The summed E-state index contributed by atoms with van der Waals surface area (Å²) in [6.45, 7) is 0. The molecule has 9 heteroatoms. The van der Waals surface area contributed by atoms with Gasteiger partial charge in [0.05, 0.1) is 16.4 Å². The number of amidine groups is 1. The molecule has 0 spiro atoms. The molecule has 3 aromatic rings. The summed E-state index contributed by atoms with van der Waals surface area (Å²) in [6, 6.07) is 18.6. The smallest absolute Gasteiger partial charge is 0.271 e. The molecule has 1 saturated heterocycles. The molecule has 0 unspecified atom stereocenters. The zero-order valence-corrected chi connectivity index (χ0v) is 15.8. The van der Waals surface area contributed by atoms with Gasteiger partial charge < -0.3 is 0 Å². The molecular weight excluding hydrogens is 392 g/mol. The summed E-state index contributed by atoms with van der Waals surface area (Å²) in [5.74, 6) is -0.435. The lowest BCUT2D eigenvalue weighted by Crippen LogP contribution is -2.31. The number of carbonyl (C=O) groups is 2. The predicted octanol–water partition coefficient (Wildman–Crippen LogP) is 3.53. The number of amides is 2. The summed E-state index contributed by atoms with van der Waals surface area (Å²) in [5.41, 5.74) is 3.24. The maximum absolute atomic E-state index is 12.5. The second-order valence-electron chi connectivity index (χ2n) is 6.16. The van der Waals surface area contributed by atoms with Crippen LogP contribution in [0.3, 0.4) is 0 Å². The number of rotatable bonds is 4. The fourth-order valence-corrected chi connectivity index (χ4v) is 3.80. The summed E-state index contributed by atoms with van der Waals surface area (Å²) in [5, 5.41) is 17.1. The fraction of sp³-hybridized carbons (Fsp3) is 0.0500. The van der Waals surface area contributed by atoms with E-state index in [1.807, 2.05) is 42.5 Å². The number of thioether (sulfide) groups is 1. The van der Waals surface area contributed by atoms with E-state index in [9.17, 15) is 19.7 Å². The first kappa shape index (κ1) is 18.6. The van der Waals surface area contributed by atoms with E-state index >= 15 is 0 Å². The summed E-state index contributed by atoms with van der Waals surface area (Å²) in [6.07, 6.45) is 0. The van der Waals surface area contributed by atoms with Crippen LogP contribution >= 0.6 is 11.8 Å². The van der Waals surface area contributed by atoms with Crippen LogP contribution in [0.5, 0.6) is 0 Å². The molecule has 0 saturated carbocycles. The van der Waals surface area contributed by atoms with Crippen LogP contribution in [0.2, 0.25) is 0 Å². The average molecular weight is 406 g/mol. The molecule has 0 aromatic heterocycles. The number of nitro benzene ring substituents is 1. The Morgan fingerprint density at radius 2 is 1.79 bits per heavy atom. The lowest BCUT2D eigenvalue weighted by Gasteiger charge is -2.18. The van der Waals surface area contributed by atoms with Gasteiger partial charge in [0.1, 0.15) is 0 Å². The predicted molar refractivity (Wildman–Crippen MR) is 112 cm³/mol. The van der Waals surface area contributed by atoms with Gasteiger partial charge >= 0.3 is 0 Å². The monoisotopic (exact) mass is 406 g/mol. The molecule has 1 aliphatic rings. The average Bonchev–Trinajstić information content (AvgIpc) is 3.11. The van der Waals surface area contributed by atoms with Crippen molar-refractivity contribution in [2.75, 3.05) is 10.7 Å². The van der Waals surface area contributed by atoms with Gasteiger partial charge in [-0.25, -0.2) is 5.43 Å². The number of hydrogen-bond donors (Lipinski definition) is 1. The number of non-ortho nitro benzene ring substituents is 1. The summed E-state index contributed by atoms with van der Waals surface area (Å²) in [7, 11) is 0. The molecule has 144 valence electrons. The molecule has 0 radical (unpaired) electrons. The van der Waals surface area contributed by atoms with E-state index in [4.69, 9.17) is 0 Å². The third kappa shape index (κ3) is 3.67. The van der Waals surface area contributed by atoms with Gasteiger partial charge in [0.15, 0.2) is 5.17 Å². The van der Waals surface area contributed by atoms with Crippen molar-refractivity contribution < 1.29 is 14.5 Å². The van der Waals surface area contributed by atoms with E-state index in [1.54, 1.807) is 0 Å². The first-order valence-corrected chi connectivity index (χ1v) is 9.59. The van der Waals surface area contributed by atoms with Crippen LogP contribution in [-0.4, -0.2) is 27.7 Å². The lowest BCUT2D eigenvalue weighted by molar-refractivity contribution is -0.384. The Kier molecular flexibility index (Phi) is 4.96. The van der Waals surface area contributed by atoms with Crippen molar-refractivity contribution in [1.82, 2.24) is 5.43 Å². The third-order valence-corrected chi connectivity index (χ3v) is 5.29. The minimum atomic E-state index is -0.537. The number of nitrogens with one attached hydrogen (secondary N) is 1. The van der Waals surface area contributed by atoms with Crippen molar-refractivity contribution in [3.05, 3.63) is 82.4 Å². The van der Waals surface area contributed by atoms with E-state index in [1.165, 1.54) is 40.9 Å². The Bertz CT molecular complexity index is 1160. The van der Waals surface area contributed by atoms with Crippen molar-refractivity contribution >= 4 is 50.9 Å². The van der Waals surface area contributed by atoms with Crippen LogP contribution in [0, 0.1) is 10.1 Å². The highest BCUT2D eigenvalue weighted by molar-refractivity contribution is 8.15. The quantitative estimate of drug-likeness (QED) is 0.527. The molecule has 1 heterocycles. The SMILES string of the molecule is O=C(NN=C1SCC(=O)N1c1cccc2ccccc12)c1ccc([N+](=O)[O-])cc1. The molecule has 1 aliphatic heterocycles. The van der Waals surface area contributed by atoms with Crippen LogP contribution in [-0.2, 0) is 4.79 Å². The molecule has 8 nitrogen and oxygen atoms in total. The van der Waals surface area contributed by atoms with Gasteiger partial charge in [-0.1, -0.05) is 48.2 Å². The third-order valence-electron chi connectivity index (χ3n) is 4.37. The Morgan fingerprint density at radius 1 is 1.07 bits per heavy atom.